The Hall–Kier alpha value is -1.38. The molecule has 30 heavy (non-hydrogen) atoms. The lowest BCUT2D eigenvalue weighted by molar-refractivity contribution is 0.306. The standard InChI is InChI=1S/C27H30BIP/c1-21(22-11-7-5-8-12-22)23-15-17-25(18-16-23)27(4,24-13-9-6-10-14-24)19-26(2,3)20-30-28-29/h5-18,30H,1,19-20H2,2-4H3. The van der Waals surface area contributed by atoms with Gasteiger partial charge in [-0.2, -0.15) is 22.4 Å². The van der Waals surface area contributed by atoms with Gasteiger partial charge in [0, 0.05) is 5.41 Å². The minimum Gasteiger partial charge on any atom is -0.152 e. The summed E-state index contributed by atoms with van der Waals surface area (Å²) in [5.74, 6) is 0. The van der Waals surface area contributed by atoms with E-state index >= 15 is 0 Å². The highest BCUT2D eigenvalue weighted by Crippen LogP contribution is 2.44. The molecule has 3 heteroatoms. The summed E-state index contributed by atoms with van der Waals surface area (Å²) in [6.07, 6.45) is 2.34. The molecule has 2 unspecified atom stereocenters. The summed E-state index contributed by atoms with van der Waals surface area (Å²) in [5, 5.41) is 0. The van der Waals surface area contributed by atoms with Gasteiger partial charge >= 0.3 is 0 Å². The number of benzene rings is 3. The lowest BCUT2D eigenvalue weighted by atomic mass is 9.67. The van der Waals surface area contributed by atoms with E-state index in [-0.39, 0.29) is 10.8 Å². The van der Waals surface area contributed by atoms with Crippen LogP contribution >= 0.6 is 30.8 Å². The van der Waals surface area contributed by atoms with Gasteiger partial charge in [0.05, 0.1) is 0 Å². The molecule has 0 N–H and O–H groups in total. The summed E-state index contributed by atoms with van der Waals surface area (Å²) in [5.41, 5.74) is 6.41. The van der Waals surface area contributed by atoms with Gasteiger partial charge in [-0.3, -0.25) is 0 Å². The van der Waals surface area contributed by atoms with Crippen molar-refractivity contribution >= 4 is 41.3 Å². The Balaban J connectivity index is 1.95. The Morgan fingerprint density at radius 2 is 1.30 bits per heavy atom. The molecule has 0 spiro atoms. The van der Waals surface area contributed by atoms with E-state index in [1.165, 1.54) is 28.4 Å². The van der Waals surface area contributed by atoms with Crippen molar-refractivity contribution in [3.63, 3.8) is 0 Å². The fraction of sp³-hybridized carbons (Fsp3) is 0.259. The van der Waals surface area contributed by atoms with Gasteiger partial charge < -0.3 is 0 Å². The van der Waals surface area contributed by atoms with E-state index in [1.807, 2.05) is 6.07 Å². The monoisotopic (exact) mass is 523 g/mol. The van der Waals surface area contributed by atoms with Crippen LogP contribution in [0.25, 0.3) is 5.57 Å². The van der Waals surface area contributed by atoms with Gasteiger partial charge in [0.2, 0.25) is 4.86 Å². The second-order valence-electron chi connectivity index (χ2n) is 8.95. The van der Waals surface area contributed by atoms with Gasteiger partial charge in [0.25, 0.3) is 0 Å². The number of hydrogen-bond acceptors (Lipinski definition) is 0. The number of halogens is 1. The zero-order chi connectivity index (χ0) is 21.6. The van der Waals surface area contributed by atoms with E-state index in [1.54, 1.807) is 0 Å². The average Bonchev–Trinajstić information content (AvgIpc) is 2.78. The fourth-order valence-electron chi connectivity index (χ4n) is 4.36. The molecule has 0 aliphatic carbocycles. The topological polar surface area (TPSA) is 0 Å². The Morgan fingerprint density at radius 3 is 1.87 bits per heavy atom. The first-order valence-electron chi connectivity index (χ1n) is 10.4. The molecule has 3 aromatic rings. The molecule has 153 valence electrons. The van der Waals surface area contributed by atoms with Crippen LogP contribution in [0.4, 0.5) is 0 Å². The largest absolute Gasteiger partial charge is 0.230 e. The van der Waals surface area contributed by atoms with Crippen LogP contribution in [0.2, 0.25) is 0 Å². The highest BCUT2D eigenvalue weighted by atomic mass is 127. The van der Waals surface area contributed by atoms with Crippen LogP contribution < -0.4 is 0 Å². The SMILES string of the molecule is C=C(c1ccccc1)c1ccc(C(C)(CC(C)(C)CP[B]I)c2ccccc2)cc1. The molecule has 0 bridgehead atoms. The van der Waals surface area contributed by atoms with Gasteiger partial charge in [0.15, 0.2) is 0 Å². The third kappa shape index (κ3) is 5.65. The quantitative estimate of drug-likeness (QED) is 0.151. The molecule has 0 saturated carbocycles. The van der Waals surface area contributed by atoms with Gasteiger partial charge in [-0.25, -0.2) is 0 Å². The molecular formula is C27H30BIP. The maximum atomic E-state index is 4.34. The minimum atomic E-state index is -0.0346. The van der Waals surface area contributed by atoms with E-state index in [0.29, 0.717) is 0 Å². The third-order valence-corrected chi connectivity index (χ3v) is 8.53. The molecule has 0 amide bonds. The summed E-state index contributed by atoms with van der Waals surface area (Å²) in [7, 11) is 0.896. The molecule has 1 radical (unpaired) electrons. The number of hydrogen-bond donors (Lipinski definition) is 0. The molecule has 3 rings (SSSR count). The predicted molar refractivity (Wildman–Crippen MR) is 145 cm³/mol. The second-order valence-corrected chi connectivity index (χ2v) is 11.8. The van der Waals surface area contributed by atoms with Crippen molar-refractivity contribution in [3.8, 4) is 0 Å². The highest BCUT2D eigenvalue weighted by molar-refractivity contribution is 14.1. The van der Waals surface area contributed by atoms with Gasteiger partial charge in [-0.1, -0.05) is 112 Å². The summed E-state index contributed by atoms with van der Waals surface area (Å²) >= 11 is 2.38. The average molecular weight is 523 g/mol. The summed E-state index contributed by atoms with van der Waals surface area (Å²) < 4.78 is 0. The second kappa shape index (κ2) is 10.3. The predicted octanol–water partition coefficient (Wildman–Crippen LogP) is 8.12. The molecule has 0 nitrogen and oxygen atoms in total. The normalized spacial score (nSPS) is 13.9. The lowest BCUT2D eigenvalue weighted by Gasteiger charge is -2.39. The first-order valence-corrected chi connectivity index (χ1v) is 12.9. The van der Waals surface area contributed by atoms with E-state index in [2.05, 4.69) is 133 Å². The molecule has 0 saturated heterocycles. The van der Waals surface area contributed by atoms with Gasteiger partial charge in [0.1, 0.15) is 0 Å². The van der Waals surface area contributed by atoms with Crippen LogP contribution in [0.5, 0.6) is 0 Å². The zero-order valence-corrected chi connectivity index (χ0v) is 21.3. The molecule has 0 heterocycles. The molecule has 3 aromatic carbocycles. The van der Waals surface area contributed by atoms with Crippen molar-refractivity contribution in [1.82, 2.24) is 0 Å². The van der Waals surface area contributed by atoms with E-state index in [0.717, 1.165) is 20.5 Å². The van der Waals surface area contributed by atoms with E-state index in [9.17, 15) is 0 Å². The van der Waals surface area contributed by atoms with Crippen LogP contribution in [0, 0.1) is 5.41 Å². The van der Waals surface area contributed by atoms with Crippen molar-refractivity contribution in [2.24, 2.45) is 5.41 Å². The maximum Gasteiger partial charge on any atom is 0.230 e. The van der Waals surface area contributed by atoms with Crippen LogP contribution in [0.3, 0.4) is 0 Å². The molecule has 2 atom stereocenters. The summed E-state index contributed by atoms with van der Waals surface area (Å²) in [6.45, 7) is 11.6. The third-order valence-electron chi connectivity index (χ3n) is 5.89. The molecule has 0 fully saturated rings. The zero-order valence-electron chi connectivity index (χ0n) is 18.2. The Kier molecular flexibility index (Phi) is 7.99. The fourth-order valence-corrected chi connectivity index (χ4v) is 5.77. The van der Waals surface area contributed by atoms with Crippen LogP contribution in [0.15, 0.2) is 91.5 Å². The Morgan fingerprint density at radius 1 is 0.800 bits per heavy atom. The highest BCUT2D eigenvalue weighted by Gasteiger charge is 2.35. The number of rotatable bonds is 9. The van der Waals surface area contributed by atoms with E-state index in [4.69, 9.17) is 0 Å². The van der Waals surface area contributed by atoms with Crippen molar-refractivity contribution in [2.75, 3.05) is 6.16 Å². The van der Waals surface area contributed by atoms with E-state index < -0.39 is 0 Å². The Bertz CT molecular complexity index is 951. The Labute approximate surface area is 198 Å². The van der Waals surface area contributed by atoms with Crippen LogP contribution in [0.1, 0.15) is 49.4 Å². The van der Waals surface area contributed by atoms with Crippen molar-refractivity contribution in [3.05, 3.63) is 114 Å². The molecule has 0 aliphatic rings. The van der Waals surface area contributed by atoms with Gasteiger partial charge in [-0.15, -0.1) is 8.46 Å². The molecule has 0 aliphatic heterocycles. The van der Waals surface area contributed by atoms with Crippen molar-refractivity contribution in [2.45, 2.75) is 32.6 Å². The van der Waals surface area contributed by atoms with Crippen LogP contribution in [-0.2, 0) is 5.41 Å². The lowest BCUT2D eigenvalue weighted by Crippen LogP contribution is -2.32. The molecule has 0 aromatic heterocycles. The minimum absolute atomic E-state index is 0.0346. The first-order chi connectivity index (χ1) is 14.4. The van der Waals surface area contributed by atoms with Crippen LogP contribution in [-0.4, -0.2) is 11.0 Å². The van der Waals surface area contributed by atoms with Crippen molar-refractivity contribution in [1.29, 1.82) is 0 Å². The first kappa shape index (κ1) is 23.3. The summed E-state index contributed by atoms with van der Waals surface area (Å²) in [6, 6.07) is 30.5. The summed E-state index contributed by atoms with van der Waals surface area (Å²) in [4.78, 5) is 2.28. The smallest absolute Gasteiger partial charge is 0.152 e. The maximum absolute atomic E-state index is 4.34. The molecular weight excluding hydrogens is 493 g/mol. The van der Waals surface area contributed by atoms with Gasteiger partial charge in [-0.05, 0) is 45.8 Å². The van der Waals surface area contributed by atoms with Crippen molar-refractivity contribution < 1.29 is 0 Å².